The maximum atomic E-state index is 4.58. The summed E-state index contributed by atoms with van der Waals surface area (Å²) in [5, 5.41) is 0.673. The summed E-state index contributed by atoms with van der Waals surface area (Å²) in [7, 11) is 0. The van der Waals surface area contributed by atoms with Crippen LogP contribution in [0.15, 0.2) is 0 Å². The van der Waals surface area contributed by atoms with Crippen molar-refractivity contribution in [3.63, 3.8) is 0 Å². The topological polar surface area (TPSA) is 0 Å². The first-order valence-electron chi connectivity index (χ1n) is 6.39. The van der Waals surface area contributed by atoms with Crippen LogP contribution in [-0.2, 0) is 0 Å². The molecule has 1 fully saturated rings. The van der Waals surface area contributed by atoms with Gasteiger partial charge in [0.1, 0.15) is 0 Å². The number of hydrogen-bond acceptors (Lipinski definition) is 1. The lowest BCUT2D eigenvalue weighted by atomic mass is 9.64. The van der Waals surface area contributed by atoms with Crippen molar-refractivity contribution in [2.75, 3.05) is 0 Å². The normalized spacial score (nSPS) is 29.2. The lowest BCUT2D eigenvalue weighted by Gasteiger charge is -2.42. The molecule has 0 nitrogen and oxygen atoms in total. The van der Waals surface area contributed by atoms with Gasteiger partial charge in [0, 0.05) is 5.25 Å². The fraction of sp³-hybridized carbons (Fsp3) is 1.00. The van der Waals surface area contributed by atoms with E-state index < -0.39 is 0 Å². The average molecular weight is 228 g/mol. The van der Waals surface area contributed by atoms with Crippen molar-refractivity contribution in [3.05, 3.63) is 0 Å². The van der Waals surface area contributed by atoms with Gasteiger partial charge in [-0.25, -0.2) is 0 Å². The van der Waals surface area contributed by atoms with Crippen LogP contribution in [0.5, 0.6) is 0 Å². The maximum absolute atomic E-state index is 4.58. The molecular weight excluding hydrogens is 200 g/mol. The van der Waals surface area contributed by atoms with Crippen molar-refractivity contribution < 1.29 is 0 Å². The van der Waals surface area contributed by atoms with Gasteiger partial charge in [-0.3, -0.25) is 0 Å². The maximum Gasteiger partial charge on any atom is 0.00170 e. The zero-order valence-corrected chi connectivity index (χ0v) is 12.0. The van der Waals surface area contributed by atoms with Gasteiger partial charge in [0.25, 0.3) is 0 Å². The highest BCUT2D eigenvalue weighted by Gasteiger charge is 2.35. The minimum absolute atomic E-state index is 0.460. The Kier molecular flexibility index (Phi) is 4.20. The van der Waals surface area contributed by atoms with Gasteiger partial charge in [-0.15, -0.1) is 0 Å². The Morgan fingerprint density at radius 1 is 0.933 bits per heavy atom. The second-order valence-corrected chi connectivity index (χ2v) is 7.96. The van der Waals surface area contributed by atoms with Gasteiger partial charge in [0.2, 0.25) is 0 Å². The Hall–Kier alpha value is 0.350. The van der Waals surface area contributed by atoms with Crippen LogP contribution in [0.3, 0.4) is 0 Å². The minimum Gasteiger partial charge on any atom is -0.176 e. The molecule has 0 saturated heterocycles. The Labute approximate surface area is 102 Å². The molecule has 1 heteroatoms. The molecule has 0 aromatic rings. The van der Waals surface area contributed by atoms with Crippen LogP contribution in [0.2, 0.25) is 0 Å². The van der Waals surface area contributed by atoms with Crippen LogP contribution in [-0.4, -0.2) is 5.25 Å². The molecule has 90 valence electrons. The van der Waals surface area contributed by atoms with Gasteiger partial charge in [-0.2, -0.15) is 12.6 Å². The van der Waals surface area contributed by atoms with Crippen molar-refractivity contribution in [3.8, 4) is 0 Å². The first-order chi connectivity index (χ1) is 6.71. The van der Waals surface area contributed by atoms with E-state index in [9.17, 15) is 0 Å². The Morgan fingerprint density at radius 2 is 1.40 bits per heavy atom. The molecule has 1 aliphatic carbocycles. The van der Waals surface area contributed by atoms with Crippen molar-refractivity contribution in [1.82, 2.24) is 0 Å². The molecule has 1 rings (SSSR count). The summed E-state index contributed by atoms with van der Waals surface area (Å²) in [5.74, 6) is 0.917. The summed E-state index contributed by atoms with van der Waals surface area (Å²) in [5.41, 5.74) is 0.966. The SMILES string of the molecule is CC(C)(C)CC(C)(C)C1CCC(S)CC1. The molecule has 0 N–H and O–H groups in total. The summed E-state index contributed by atoms with van der Waals surface area (Å²) in [6, 6.07) is 0. The van der Waals surface area contributed by atoms with Gasteiger partial charge in [0.15, 0.2) is 0 Å². The van der Waals surface area contributed by atoms with Crippen LogP contribution in [0, 0.1) is 16.7 Å². The third-order valence-corrected chi connectivity index (χ3v) is 4.30. The van der Waals surface area contributed by atoms with Crippen molar-refractivity contribution in [2.24, 2.45) is 16.7 Å². The third-order valence-electron chi connectivity index (χ3n) is 3.79. The predicted octanol–water partition coefficient (Wildman–Crippen LogP) is 4.94. The second kappa shape index (κ2) is 4.69. The number of thiol groups is 1. The highest BCUT2D eigenvalue weighted by Crippen LogP contribution is 2.45. The van der Waals surface area contributed by atoms with Gasteiger partial charge >= 0.3 is 0 Å². The molecule has 1 saturated carbocycles. The average Bonchev–Trinajstić information content (AvgIpc) is 2.00. The van der Waals surface area contributed by atoms with E-state index in [-0.39, 0.29) is 0 Å². The molecule has 0 aliphatic heterocycles. The van der Waals surface area contributed by atoms with Crippen molar-refractivity contribution in [1.29, 1.82) is 0 Å². The van der Waals surface area contributed by atoms with E-state index in [4.69, 9.17) is 0 Å². The van der Waals surface area contributed by atoms with Crippen LogP contribution in [0.25, 0.3) is 0 Å². The summed E-state index contributed by atoms with van der Waals surface area (Å²) in [4.78, 5) is 0. The number of hydrogen-bond donors (Lipinski definition) is 1. The van der Waals surface area contributed by atoms with Crippen molar-refractivity contribution in [2.45, 2.75) is 72.0 Å². The number of rotatable bonds is 2. The first kappa shape index (κ1) is 13.4. The molecule has 0 spiro atoms. The summed E-state index contributed by atoms with van der Waals surface area (Å²) < 4.78 is 0. The molecule has 15 heavy (non-hydrogen) atoms. The lowest BCUT2D eigenvalue weighted by molar-refractivity contribution is 0.101. The minimum atomic E-state index is 0.460. The lowest BCUT2D eigenvalue weighted by Crippen LogP contribution is -2.32. The molecule has 0 atom stereocenters. The van der Waals surface area contributed by atoms with E-state index in [1.165, 1.54) is 32.1 Å². The van der Waals surface area contributed by atoms with E-state index in [2.05, 4.69) is 47.2 Å². The van der Waals surface area contributed by atoms with E-state index in [1.54, 1.807) is 0 Å². The standard InChI is InChI=1S/C14H28S/c1-13(2,3)10-14(4,5)11-6-8-12(15)9-7-11/h11-12,15H,6-10H2,1-5H3. The molecule has 0 heterocycles. The molecule has 0 radical (unpaired) electrons. The molecular formula is C14H28S. The van der Waals surface area contributed by atoms with Crippen LogP contribution >= 0.6 is 12.6 Å². The molecule has 1 aliphatic rings. The fourth-order valence-corrected chi connectivity index (χ4v) is 3.67. The smallest absolute Gasteiger partial charge is 0.00170 e. The largest absolute Gasteiger partial charge is 0.176 e. The zero-order valence-electron chi connectivity index (χ0n) is 11.1. The van der Waals surface area contributed by atoms with Gasteiger partial charge < -0.3 is 0 Å². The molecule has 0 unspecified atom stereocenters. The van der Waals surface area contributed by atoms with E-state index in [1.807, 2.05) is 0 Å². The van der Waals surface area contributed by atoms with Gasteiger partial charge in [-0.05, 0) is 48.9 Å². The predicted molar refractivity (Wildman–Crippen MR) is 72.6 cm³/mol. The van der Waals surface area contributed by atoms with Gasteiger partial charge in [0.05, 0.1) is 0 Å². The van der Waals surface area contributed by atoms with Crippen LogP contribution in [0.1, 0.15) is 66.7 Å². The molecule has 0 amide bonds. The Bertz CT molecular complexity index is 192. The summed E-state index contributed by atoms with van der Waals surface area (Å²) in [6.07, 6.45) is 6.75. The third kappa shape index (κ3) is 4.38. The van der Waals surface area contributed by atoms with E-state index >= 15 is 0 Å². The van der Waals surface area contributed by atoms with Gasteiger partial charge in [-0.1, -0.05) is 34.6 Å². The highest BCUT2D eigenvalue weighted by atomic mass is 32.1. The van der Waals surface area contributed by atoms with Crippen LogP contribution < -0.4 is 0 Å². The van der Waals surface area contributed by atoms with Crippen molar-refractivity contribution >= 4 is 12.6 Å². The zero-order chi connectivity index (χ0) is 11.7. The highest BCUT2D eigenvalue weighted by molar-refractivity contribution is 7.80. The van der Waals surface area contributed by atoms with E-state index in [0.717, 1.165) is 5.92 Å². The van der Waals surface area contributed by atoms with E-state index in [0.29, 0.717) is 16.1 Å². The molecule has 0 aromatic carbocycles. The monoisotopic (exact) mass is 228 g/mol. The Balaban J connectivity index is 2.54. The Morgan fingerprint density at radius 3 is 1.80 bits per heavy atom. The summed E-state index contributed by atoms with van der Waals surface area (Å²) >= 11 is 4.58. The quantitative estimate of drug-likeness (QED) is 0.636. The second-order valence-electron chi connectivity index (χ2n) is 7.23. The summed E-state index contributed by atoms with van der Waals surface area (Å²) in [6.45, 7) is 12.0. The molecule has 0 aromatic heterocycles. The fourth-order valence-electron chi connectivity index (χ4n) is 3.37. The molecule has 0 bridgehead atoms. The van der Waals surface area contributed by atoms with Crippen LogP contribution in [0.4, 0.5) is 0 Å². The first-order valence-corrected chi connectivity index (χ1v) is 6.90.